The van der Waals surface area contributed by atoms with Gasteiger partial charge in [0.2, 0.25) is 5.91 Å². The van der Waals surface area contributed by atoms with E-state index in [1.165, 1.54) is 31.4 Å². The standard InChI is InChI=1S/C21H18Cl3N3O6/c1-32-17-5-3-13(23)8-16(17)25-18(28)10-33-21(31)11-6-19(29)27(9-11)26-20(30)14-4-2-12(22)7-15(14)24/h2-5,7-8,11H,6,9-10H2,1H3,(H,25,28)(H,26,30)/t11-/m0/s1. The van der Waals surface area contributed by atoms with Crippen molar-refractivity contribution in [2.75, 3.05) is 25.6 Å². The van der Waals surface area contributed by atoms with Crippen LogP contribution in [0.4, 0.5) is 5.69 Å². The molecule has 9 nitrogen and oxygen atoms in total. The molecule has 1 saturated heterocycles. The number of nitrogens with zero attached hydrogens (tertiary/aromatic N) is 1. The SMILES string of the molecule is COc1ccc(Cl)cc1NC(=O)COC(=O)[C@H]1CC(=O)N(NC(=O)c2ccc(Cl)cc2Cl)C1. The first-order valence-corrected chi connectivity index (χ1v) is 10.7. The predicted molar refractivity (Wildman–Crippen MR) is 121 cm³/mol. The fourth-order valence-electron chi connectivity index (χ4n) is 3.05. The number of hydrogen-bond donors (Lipinski definition) is 2. The Balaban J connectivity index is 1.52. The van der Waals surface area contributed by atoms with E-state index in [-0.39, 0.29) is 23.6 Å². The Morgan fingerprint density at radius 1 is 1.09 bits per heavy atom. The monoisotopic (exact) mass is 513 g/mol. The summed E-state index contributed by atoms with van der Waals surface area (Å²) in [5, 5.41) is 4.40. The minimum absolute atomic E-state index is 0.113. The average molecular weight is 515 g/mol. The second-order valence-corrected chi connectivity index (χ2v) is 8.25. The average Bonchev–Trinajstić information content (AvgIpc) is 3.12. The molecule has 0 radical (unpaired) electrons. The Morgan fingerprint density at radius 3 is 2.48 bits per heavy atom. The summed E-state index contributed by atoms with van der Waals surface area (Å²) < 4.78 is 10.2. The van der Waals surface area contributed by atoms with E-state index in [9.17, 15) is 19.2 Å². The Bertz CT molecular complexity index is 1110. The van der Waals surface area contributed by atoms with Crippen molar-refractivity contribution in [3.05, 3.63) is 57.0 Å². The maximum Gasteiger partial charge on any atom is 0.311 e. The number of nitrogens with one attached hydrogen (secondary N) is 2. The maximum atomic E-state index is 12.4. The highest BCUT2D eigenvalue weighted by molar-refractivity contribution is 6.36. The molecule has 0 unspecified atom stereocenters. The second-order valence-electron chi connectivity index (χ2n) is 6.97. The van der Waals surface area contributed by atoms with Crippen molar-refractivity contribution in [2.45, 2.75) is 6.42 Å². The summed E-state index contributed by atoms with van der Waals surface area (Å²) in [4.78, 5) is 49.1. The molecule has 3 rings (SSSR count). The normalized spacial score (nSPS) is 15.2. The first-order chi connectivity index (χ1) is 15.7. The van der Waals surface area contributed by atoms with Gasteiger partial charge in [0.15, 0.2) is 6.61 Å². The van der Waals surface area contributed by atoms with Crippen molar-refractivity contribution in [3.63, 3.8) is 0 Å². The minimum atomic E-state index is -0.855. The minimum Gasteiger partial charge on any atom is -0.495 e. The highest BCUT2D eigenvalue weighted by atomic mass is 35.5. The van der Waals surface area contributed by atoms with E-state index >= 15 is 0 Å². The van der Waals surface area contributed by atoms with Crippen LogP contribution in [0, 0.1) is 5.92 Å². The van der Waals surface area contributed by atoms with Crippen LogP contribution in [0.5, 0.6) is 5.75 Å². The Morgan fingerprint density at radius 2 is 1.79 bits per heavy atom. The molecule has 1 aliphatic heterocycles. The molecule has 33 heavy (non-hydrogen) atoms. The lowest BCUT2D eigenvalue weighted by atomic mass is 10.1. The van der Waals surface area contributed by atoms with Gasteiger partial charge in [0.1, 0.15) is 5.75 Å². The molecule has 0 aromatic heterocycles. The number of amides is 3. The molecule has 0 aliphatic carbocycles. The van der Waals surface area contributed by atoms with Crippen molar-refractivity contribution in [1.82, 2.24) is 10.4 Å². The topological polar surface area (TPSA) is 114 Å². The fraction of sp³-hybridized carbons (Fsp3) is 0.238. The molecule has 2 aromatic carbocycles. The lowest BCUT2D eigenvalue weighted by Crippen LogP contribution is -2.43. The van der Waals surface area contributed by atoms with Crippen LogP contribution in [0.15, 0.2) is 36.4 Å². The fourth-order valence-corrected chi connectivity index (χ4v) is 3.72. The molecule has 0 spiro atoms. The van der Waals surface area contributed by atoms with Gasteiger partial charge in [0.25, 0.3) is 11.8 Å². The highest BCUT2D eigenvalue weighted by Crippen LogP contribution is 2.27. The van der Waals surface area contributed by atoms with Gasteiger partial charge in [-0.1, -0.05) is 34.8 Å². The Hall–Kier alpha value is -3.01. The van der Waals surface area contributed by atoms with Crippen molar-refractivity contribution in [2.24, 2.45) is 5.92 Å². The molecule has 0 bridgehead atoms. The molecular formula is C21H18Cl3N3O6. The Kier molecular flexibility index (Phi) is 8.01. The maximum absolute atomic E-state index is 12.4. The van der Waals surface area contributed by atoms with Crippen molar-refractivity contribution < 1.29 is 28.7 Å². The van der Waals surface area contributed by atoms with E-state index in [1.807, 2.05) is 0 Å². The number of hydrogen-bond acceptors (Lipinski definition) is 6. The van der Waals surface area contributed by atoms with Gasteiger partial charge in [-0.25, -0.2) is 0 Å². The van der Waals surface area contributed by atoms with Crippen LogP contribution in [0.25, 0.3) is 0 Å². The van der Waals surface area contributed by atoms with Crippen molar-refractivity contribution in [3.8, 4) is 5.75 Å². The summed E-state index contributed by atoms with van der Waals surface area (Å²) in [6, 6.07) is 8.96. The number of carbonyl (C=O) groups is 4. The first kappa shape index (κ1) is 24.6. The third-order valence-corrected chi connectivity index (χ3v) is 5.43. The van der Waals surface area contributed by atoms with E-state index < -0.39 is 36.2 Å². The molecule has 2 N–H and O–H groups in total. The number of ether oxygens (including phenoxy) is 2. The number of methoxy groups -OCH3 is 1. The van der Waals surface area contributed by atoms with E-state index in [2.05, 4.69) is 10.7 Å². The molecule has 1 heterocycles. The zero-order chi connectivity index (χ0) is 24.1. The van der Waals surface area contributed by atoms with Crippen LogP contribution in [0.3, 0.4) is 0 Å². The number of hydrazine groups is 1. The van der Waals surface area contributed by atoms with Crippen LogP contribution in [0.2, 0.25) is 15.1 Å². The molecule has 1 fully saturated rings. The third-order valence-electron chi connectivity index (χ3n) is 4.65. The number of halogens is 3. The number of anilines is 1. The smallest absolute Gasteiger partial charge is 0.311 e. The number of carbonyl (C=O) groups excluding carboxylic acids is 4. The summed E-state index contributed by atoms with van der Waals surface area (Å²) in [5.74, 6) is -2.95. The van der Waals surface area contributed by atoms with Crippen molar-refractivity contribution >= 4 is 64.2 Å². The highest BCUT2D eigenvalue weighted by Gasteiger charge is 2.37. The van der Waals surface area contributed by atoms with E-state index in [1.54, 1.807) is 12.1 Å². The number of rotatable bonds is 7. The van der Waals surface area contributed by atoms with Crippen LogP contribution in [0.1, 0.15) is 16.8 Å². The van der Waals surface area contributed by atoms with Gasteiger partial charge in [0.05, 0.1) is 35.8 Å². The zero-order valence-electron chi connectivity index (χ0n) is 17.2. The molecule has 174 valence electrons. The van der Waals surface area contributed by atoms with Gasteiger partial charge in [-0.15, -0.1) is 0 Å². The zero-order valence-corrected chi connectivity index (χ0v) is 19.5. The van der Waals surface area contributed by atoms with Gasteiger partial charge < -0.3 is 14.8 Å². The van der Waals surface area contributed by atoms with Crippen molar-refractivity contribution in [1.29, 1.82) is 0 Å². The van der Waals surface area contributed by atoms with E-state index in [0.29, 0.717) is 21.5 Å². The van der Waals surface area contributed by atoms with Gasteiger partial charge in [-0.05, 0) is 36.4 Å². The summed E-state index contributed by atoms with van der Waals surface area (Å²) in [5.41, 5.74) is 2.84. The summed E-state index contributed by atoms with van der Waals surface area (Å²) in [6.45, 7) is -0.690. The van der Waals surface area contributed by atoms with Gasteiger partial charge in [-0.3, -0.25) is 29.6 Å². The second kappa shape index (κ2) is 10.7. The Labute approximate surface area is 203 Å². The number of benzene rings is 2. The predicted octanol–water partition coefficient (Wildman–Crippen LogP) is 3.33. The van der Waals surface area contributed by atoms with Crippen LogP contribution in [-0.2, 0) is 19.1 Å². The van der Waals surface area contributed by atoms with Gasteiger partial charge in [0, 0.05) is 16.5 Å². The molecule has 12 heteroatoms. The van der Waals surface area contributed by atoms with Crippen LogP contribution >= 0.6 is 34.8 Å². The molecule has 0 saturated carbocycles. The van der Waals surface area contributed by atoms with E-state index in [4.69, 9.17) is 44.3 Å². The summed E-state index contributed by atoms with van der Waals surface area (Å²) in [6.07, 6.45) is -0.183. The molecule has 1 aliphatic rings. The largest absolute Gasteiger partial charge is 0.495 e. The lowest BCUT2D eigenvalue weighted by molar-refractivity contribution is -0.151. The summed E-state index contributed by atoms with van der Waals surface area (Å²) >= 11 is 17.7. The lowest BCUT2D eigenvalue weighted by Gasteiger charge is -2.18. The third kappa shape index (κ3) is 6.28. The molecule has 3 amide bonds. The van der Waals surface area contributed by atoms with Gasteiger partial charge >= 0.3 is 5.97 Å². The van der Waals surface area contributed by atoms with Crippen LogP contribution in [-0.4, -0.2) is 49.0 Å². The number of esters is 1. The van der Waals surface area contributed by atoms with Crippen LogP contribution < -0.4 is 15.5 Å². The quantitative estimate of drug-likeness (QED) is 0.548. The van der Waals surface area contributed by atoms with E-state index in [0.717, 1.165) is 5.01 Å². The molecular weight excluding hydrogens is 497 g/mol. The molecule has 2 aromatic rings. The summed E-state index contributed by atoms with van der Waals surface area (Å²) in [7, 11) is 1.43. The molecule has 1 atom stereocenters. The first-order valence-electron chi connectivity index (χ1n) is 9.54. The van der Waals surface area contributed by atoms with Gasteiger partial charge in [-0.2, -0.15) is 0 Å².